The lowest BCUT2D eigenvalue weighted by atomic mass is 9.64. The molecule has 1 fully saturated rings. The number of fused-ring (bicyclic) bond motifs is 1. The van der Waals surface area contributed by atoms with Gasteiger partial charge in [-0.05, 0) is 36.6 Å². The number of aromatic nitrogens is 1. The van der Waals surface area contributed by atoms with Crippen molar-refractivity contribution in [3.8, 4) is 0 Å². The van der Waals surface area contributed by atoms with Crippen LogP contribution in [-0.2, 0) is 10.2 Å². The Morgan fingerprint density at radius 2 is 2.26 bits per heavy atom. The van der Waals surface area contributed by atoms with E-state index in [4.69, 9.17) is 10.5 Å². The largest absolute Gasteiger partial charge is 0.465 e. The highest BCUT2D eigenvalue weighted by atomic mass is 16.5. The number of carbonyl (C=O) groups is 1. The lowest BCUT2D eigenvalue weighted by Gasteiger charge is -2.41. The summed E-state index contributed by atoms with van der Waals surface area (Å²) in [6, 6.07) is 5.61. The summed E-state index contributed by atoms with van der Waals surface area (Å²) >= 11 is 0. The topological polar surface area (TPSA) is 68.1 Å². The number of nitrogens with one attached hydrogen (secondary N) is 1. The van der Waals surface area contributed by atoms with E-state index >= 15 is 0 Å². The van der Waals surface area contributed by atoms with Crippen LogP contribution in [0.15, 0.2) is 24.4 Å². The van der Waals surface area contributed by atoms with E-state index in [0.717, 1.165) is 23.7 Å². The highest BCUT2D eigenvalue weighted by Gasteiger charge is 2.39. The van der Waals surface area contributed by atoms with Crippen molar-refractivity contribution in [1.82, 2.24) is 4.98 Å². The van der Waals surface area contributed by atoms with Crippen molar-refractivity contribution in [3.63, 3.8) is 0 Å². The van der Waals surface area contributed by atoms with E-state index in [9.17, 15) is 4.79 Å². The van der Waals surface area contributed by atoms with E-state index in [-0.39, 0.29) is 11.4 Å². The van der Waals surface area contributed by atoms with Crippen LogP contribution in [0.1, 0.15) is 35.2 Å². The molecule has 0 unspecified atom stereocenters. The van der Waals surface area contributed by atoms with Gasteiger partial charge < -0.3 is 15.5 Å². The van der Waals surface area contributed by atoms with Gasteiger partial charge in [0.2, 0.25) is 0 Å². The van der Waals surface area contributed by atoms with Crippen molar-refractivity contribution in [3.05, 3.63) is 35.5 Å². The minimum atomic E-state index is -0.301. The van der Waals surface area contributed by atoms with E-state index in [1.165, 1.54) is 19.1 Å². The molecule has 1 aliphatic carbocycles. The van der Waals surface area contributed by atoms with Crippen LogP contribution in [0.4, 0.5) is 0 Å². The zero-order valence-electron chi connectivity index (χ0n) is 11.0. The average Bonchev–Trinajstić information content (AvgIpc) is 2.81. The van der Waals surface area contributed by atoms with E-state index in [1.807, 2.05) is 18.3 Å². The maximum absolute atomic E-state index is 11.6. The fourth-order valence-electron chi connectivity index (χ4n) is 2.99. The molecule has 19 heavy (non-hydrogen) atoms. The van der Waals surface area contributed by atoms with E-state index in [1.54, 1.807) is 6.07 Å². The van der Waals surface area contributed by atoms with Gasteiger partial charge in [-0.3, -0.25) is 0 Å². The molecule has 0 saturated heterocycles. The fraction of sp³-hybridized carbons (Fsp3) is 0.400. The van der Waals surface area contributed by atoms with Crippen LogP contribution < -0.4 is 5.73 Å². The third kappa shape index (κ3) is 1.75. The number of carbonyl (C=O) groups excluding carboxylic acids is 1. The number of aromatic amines is 1. The van der Waals surface area contributed by atoms with E-state index in [2.05, 4.69) is 4.98 Å². The Kier molecular flexibility index (Phi) is 2.82. The lowest BCUT2D eigenvalue weighted by Crippen LogP contribution is -2.41. The summed E-state index contributed by atoms with van der Waals surface area (Å²) in [6.07, 6.45) is 5.51. The molecule has 3 rings (SSSR count). The summed E-state index contributed by atoms with van der Waals surface area (Å²) in [5, 5.41) is 1.09. The Bertz CT molecular complexity index is 621. The van der Waals surface area contributed by atoms with Gasteiger partial charge in [-0.1, -0.05) is 6.42 Å². The molecule has 0 aliphatic heterocycles. The Morgan fingerprint density at radius 1 is 1.47 bits per heavy atom. The van der Waals surface area contributed by atoms with Crippen LogP contribution in [0.3, 0.4) is 0 Å². The molecular weight excluding hydrogens is 240 g/mol. The quantitative estimate of drug-likeness (QED) is 0.830. The van der Waals surface area contributed by atoms with Gasteiger partial charge in [0.05, 0.1) is 12.7 Å². The lowest BCUT2D eigenvalue weighted by molar-refractivity contribution is 0.0601. The van der Waals surface area contributed by atoms with Gasteiger partial charge >= 0.3 is 5.97 Å². The van der Waals surface area contributed by atoms with E-state index < -0.39 is 0 Å². The Labute approximate surface area is 111 Å². The van der Waals surface area contributed by atoms with Crippen molar-refractivity contribution < 1.29 is 9.53 Å². The Morgan fingerprint density at radius 3 is 2.84 bits per heavy atom. The SMILES string of the molecule is COC(=O)c1ccc2[nH]cc(C3(CN)CCC3)c2c1. The molecular formula is C15H18N2O2. The molecule has 4 nitrogen and oxygen atoms in total. The maximum atomic E-state index is 11.6. The highest BCUT2D eigenvalue weighted by molar-refractivity contribution is 5.96. The predicted molar refractivity (Wildman–Crippen MR) is 74.2 cm³/mol. The zero-order valence-corrected chi connectivity index (χ0v) is 11.0. The molecule has 0 bridgehead atoms. The summed E-state index contributed by atoms with van der Waals surface area (Å²) in [5.41, 5.74) is 8.93. The van der Waals surface area contributed by atoms with Gasteiger partial charge in [-0.2, -0.15) is 0 Å². The molecule has 100 valence electrons. The monoisotopic (exact) mass is 258 g/mol. The number of nitrogens with two attached hydrogens (primary N) is 1. The van der Waals surface area contributed by atoms with Gasteiger partial charge in [-0.15, -0.1) is 0 Å². The fourth-order valence-corrected chi connectivity index (χ4v) is 2.99. The van der Waals surface area contributed by atoms with Gasteiger partial charge in [0.1, 0.15) is 0 Å². The zero-order chi connectivity index (χ0) is 13.5. The third-order valence-corrected chi connectivity index (χ3v) is 4.38. The van der Waals surface area contributed by atoms with Crippen LogP contribution in [-0.4, -0.2) is 24.6 Å². The third-order valence-electron chi connectivity index (χ3n) is 4.38. The normalized spacial score (nSPS) is 17.2. The van der Waals surface area contributed by atoms with Crippen molar-refractivity contribution in [2.45, 2.75) is 24.7 Å². The average molecular weight is 258 g/mol. The molecule has 1 aromatic carbocycles. The van der Waals surface area contributed by atoms with Crippen LogP contribution in [0.5, 0.6) is 0 Å². The molecule has 0 atom stereocenters. The van der Waals surface area contributed by atoms with Crippen molar-refractivity contribution in [2.24, 2.45) is 5.73 Å². The summed E-state index contributed by atoms with van der Waals surface area (Å²) in [4.78, 5) is 14.9. The van der Waals surface area contributed by atoms with Crippen molar-refractivity contribution in [1.29, 1.82) is 0 Å². The predicted octanol–water partition coefficient (Wildman–Crippen LogP) is 2.33. The molecule has 1 aromatic heterocycles. The summed E-state index contributed by atoms with van der Waals surface area (Å²) in [7, 11) is 1.40. The second kappa shape index (κ2) is 4.38. The first kappa shape index (κ1) is 12.2. The van der Waals surface area contributed by atoms with Crippen molar-refractivity contribution in [2.75, 3.05) is 13.7 Å². The first-order valence-electron chi connectivity index (χ1n) is 6.60. The minimum Gasteiger partial charge on any atom is -0.465 e. The number of hydrogen-bond acceptors (Lipinski definition) is 3. The summed E-state index contributed by atoms with van der Waals surface area (Å²) in [5.74, 6) is -0.301. The van der Waals surface area contributed by atoms with Gasteiger partial charge in [-0.25, -0.2) is 4.79 Å². The van der Waals surface area contributed by atoms with Crippen LogP contribution in [0, 0.1) is 0 Å². The van der Waals surface area contributed by atoms with E-state index in [0.29, 0.717) is 12.1 Å². The molecule has 0 amide bonds. The van der Waals surface area contributed by atoms with Crippen LogP contribution in [0.2, 0.25) is 0 Å². The van der Waals surface area contributed by atoms with Crippen LogP contribution in [0.25, 0.3) is 10.9 Å². The van der Waals surface area contributed by atoms with Gasteiger partial charge in [0.15, 0.2) is 0 Å². The molecule has 4 heteroatoms. The Hall–Kier alpha value is -1.81. The number of rotatable bonds is 3. The smallest absolute Gasteiger partial charge is 0.337 e. The molecule has 0 radical (unpaired) electrons. The second-order valence-corrected chi connectivity index (χ2v) is 5.29. The molecule has 3 N–H and O–H groups in total. The van der Waals surface area contributed by atoms with Crippen LogP contribution >= 0.6 is 0 Å². The molecule has 0 spiro atoms. The molecule has 2 aromatic rings. The molecule has 1 saturated carbocycles. The number of H-pyrrole nitrogens is 1. The number of hydrogen-bond donors (Lipinski definition) is 2. The molecule has 1 heterocycles. The number of methoxy groups -OCH3 is 1. The minimum absolute atomic E-state index is 0.0903. The first-order chi connectivity index (χ1) is 9.20. The van der Waals surface area contributed by atoms with Gasteiger partial charge in [0, 0.05) is 29.1 Å². The van der Waals surface area contributed by atoms with Gasteiger partial charge in [0.25, 0.3) is 0 Å². The number of benzene rings is 1. The number of esters is 1. The number of ether oxygens (including phenoxy) is 1. The standard InChI is InChI=1S/C15H18N2O2/c1-19-14(18)10-3-4-13-11(7-10)12(8-17-13)15(9-16)5-2-6-15/h3-4,7-8,17H,2,5-6,9,16H2,1H3. The maximum Gasteiger partial charge on any atom is 0.337 e. The summed E-state index contributed by atoms with van der Waals surface area (Å²) < 4.78 is 4.78. The first-order valence-corrected chi connectivity index (χ1v) is 6.60. The molecule has 1 aliphatic rings. The second-order valence-electron chi connectivity index (χ2n) is 5.29. The Balaban J connectivity index is 2.13. The summed E-state index contributed by atoms with van der Waals surface area (Å²) in [6.45, 7) is 0.655. The van der Waals surface area contributed by atoms with Crippen molar-refractivity contribution >= 4 is 16.9 Å². The highest BCUT2D eigenvalue weighted by Crippen LogP contribution is 2.45.